The van der Waals surface area contributed by atoms with E-state index in [1.165, 1.54) is 24.3 Å². The molecule has 2 N–H and O–H groups in total. The first-order valence-electron chi connectivity index (χ1n) is 15.7. The third-order valence-corrected chi connectivity index (χ3v) is 9.52. The fourth-order valence-electron chi connectivity index (χ4n) is 5.45. The molecule has 2 heterocycles. The highest BCUT2D eigenvalue weighted by Crippen LogP contribution is 2.29. The first-order chi connectivity index (χ1) is 22.0. The van der Waals surface area contributed by atoms with Gasteiger partial charge in [0, 0.05) is 50.2 Å². The fourth-order valence-corrected chi connectivity index (χ4v) is 6.50. The number of ether oxygens (including phenoxy) is 2. The molecule has 0 radical (unpaired) electrons. The number of likely N-dealkylation sites (N-methyl/N-ethyl adjacent to an activating group) is 1. The Kier molecular flexibility index (Phi) is 12.5. The number of nitrogens with zero attached hydrogens (tertiary/aromatic N) is 3. The van der Waals surface area contributed by atoms with Gasteiger partial charge in [0.05, 0.1) is 35.3 Å². The predicted octanol–water partition coefficient (Wildman–Crippen LogP) is 4.95. The molecule has 46 heavy (non-hydrogen) atoms. The van der Waals surface area contributed by atoms with E-state index < -0.39 is 27.8 Å². The number of pyridine rings is 1. The number of carbonyl (C=O) groups is 1. The summed E-state index contributed by atoms with van der Waals surface area (Å²) in [4.78, 5) is 22.1. The van der Waals surface area contributed by atoms with Gasteiger partial charge in [-0.15, -0.1) is 0 Å². The van der Waals surface area contributed by atoms with Gasteiger partial charge in [0.2, 0.25) is 0 Å². The van der Waals surface area contributed by atoms with Crippen molar-refractivity contribution >= 4 is 21.6 Å². The number of aliphatic hydroxyl groups excluding tert-OH is 1. The van der Waals surface area contributed by atoms with Crippen LogP contribution in [0.4, 0.5) is 10.1 Å². The number of anilines is 1. The lowest BCUT2D eigenvalue weighted by molar-refractivity contribution is -0.0177. The first kappa shape index (κ1) is 35.3. The molecule has 2 aromatic carbocycles. The largest absolute Gasteiger partial charge is 0.490 e. The molecular weight excluding hydrogens is 611 g/mol. The molecular formula is C34H45FN4O6S. The molecule has 12 heteroatoms. The van der Waals surface area contributed by atoms with Crippen LogP contribution in [0.3, 0.4) is 0 Å². The molecule has 0 saturated heterocycles. The van der Waals surface area contributed by atoms with Crippen molar-refractivity contribution in [3.8, 4) is 5.75 Å². The average Bonchev–Trinajstić information content (AvgIpc) is 3.03. The lowest BCUT2D eigenvalue weighted by Gasteiger charge is -2.36. The molecule has 3 aromatic rings. The minimum Gasteiger partial charge on any atom is -0.490 e. The average molecular weight is 657 g/mol. The smallest absolute Gasteiger partial charge is 0.261 e. The van der Waals surface area contributed by atoms with E-state index in [1.807, 2.05) is 33.0 Å². The Bertz CT molecular complexity index is 1530. The molecule has 0 fully saturated rings. The van der Waals surface area contributed by atoms with E-state index in [1.54, 1.807) is 30.3 Å². The van der Waals surface area contributed by atoms with Gasteiger partial charge in [0.15, 0.2) is 0 Å². The van der Waals surface area contributed by atoms with Crippen LogP contribution in [0.2, 0.25) is 0 Å². The van der Waals surface area contributed by atoms with Gasteiger partial charge in [0.1, 0.15) is 11.6 Å². The number of rotatable bonds is 9. The Morgan fingerprint density at radius 3 is 2.52 bits per heavy atom. The van der Waals surface area contributed by atoms with E-state index in [4.69, 9.17) is 9.47 Å². The Balaban J connectivity index is 1.64. The number of nitrogens with one attached hydrogen (secondary N) is 1. The van der Waals surface area contributed by atoms with Crippen molar-refractivity contribution in [3.63, 3.8) is 0 Å². The normalized spacial score (nSPS) is 20.8. The van der Waals surface area contributed by atoms with Gasteiger partial charge >= 0.3 is 0 Å². The van der Waals surface area contributed by atoms with Gasteiger partial charge < -0.3 is 19.5 Å². The second-order valence-corrected chi connectivity index (χ2v) is 13.8. The van der Waals surface area contributed by atoms with Crippen LogP contribution < -0.4 is 9.46 Å². The van der Waals surface area contributed by atoms with Gasteiger partial charge in [0.25, 0.3) is 15.9 Å². The van der Waals surface area contributed by atoms with Crippen molar-refractivity contribution in [2.75, 3.05) is 38.1 Å². The molecule has 4 atom stereocenters. The van der Waals surface area contributed by atoms with Crippen molar-refractivity contribution in [1.82, 2.24) is 14.8 Å². The second-order valence-electron chi connectivity index (χ2n) is 12.1. The monoisotopic (exact) mass is 656 g/mol. The zero-order valence-corrected chi connectivity index (χ0v) is 27.7. The molecule has 250 valence electrons. The molecule has 1 aromatic heterocycles. The van der Waals surface area contributed by atoms with Gasteiger partial charge in [-0.2, -0.15) is 0 Å². The zero-order valence-electron chi connectivity index (χ0n) is 26.9. The molecule has 1 aliphatic rings. The minimum absolute atomic E-state index is 0.107. The van der Waals surface area contributed by atoms with Crippen LogP contribution in [-0.2, 0) is 21.3 Å². The molecule has 0 aliphatic carbocycles. The molecule has 4 rings (SSSR count). The molecule has 1 aliphatic heterocycles. The highest BCUT2D eigenvalue weighted by atomic mass is 32.2. The van der Waals surface area contributed by atoms with E-state index in [0.29, 0.717) is 25.4 Å². The van der Waals surface area contributed by atoms with Crippen LogP contribution in [-0.4, -0.2) is 85.8 Å². The van der Waals surface area contributed by atoms with Crippen LogP contribution in [0.1, 0.15) is 56.0 Å². The van der Waals surface area contributed by atoms with Gasteiger partial charge in [-0.1, -0.05) is 6.92 Å². The summed E-state index contributed by atoms with van der Waals surface area (Å²) in [5.41, 5.74) is 1.45. The lowest BCUT2D eigenvalue weighted by atomic mass is 10.0. The Labute approximate surface area is 271 Å². The maximum atomic E-state index is 14.3. The fraction of sp³-hybridized carbons (Fsp3) is 0.471. The minimum atomic E-state index is -4.07. The van der Waals surface area contributed by atoms with E-state index in [2.05, 4.69) is 14.6 Å². The maximum absolute atomic E-state index is 14.3. The van der Waals surface area contributed by atoms with E-state index in [0.717, 1.165) is 37.0 Å². The van der Waals surface area contributed by atoms with Crippen LogP contribution in [0.5, 0.6) is 5.75 Å². The summed E-state index contributed by atoms with van der Waals surface area (Å²) in [6.07, 6.45) is 5.56. The number of hydrogen-bond acceptors (Lipinski definition) is 8. The van der Waals surface area contributed by atoms with Crippen LogP contribution >= 0.6 is 0 Å². The Morgan fingerprint density at radius 2 is 1.83 bits per heavy atom. The molecule has 0 bridgehead atoms. The van der Waals surface area contributed by atoms with E-state index >= 15 is 0 Å². The van der Waals surface area contributed by atoms with Crippen molar-refractivity contribution < 1.29 is 32.2 Å². The SMILES string of the molecule is C[C@@H]1CCCCO[C@@H](CN(C)Cc2ccncc2)[C@H](C)CN([C@@H](C)CO)C(=O)c2cc(NS(=O)(=O)c3ccc(F)cc3)ccc2O1. The number of halogens is 1. The molecule has 1 amide bonds. The number of sulfonamides is 1. The Hall–Kier alpha value is -3.58. The van der Waals surface area contributed by atoms with Gasteiger partial charge in [-0.3, -0.25) is 19.4 Å². The van der Waals surface area contributed by atoms with Gasteiger partial charge in [-0.05, 0) is 100 Å². The second kappa shape index (κ2) is 16.3. The van der Waals surface area contributed by atoms with E-state index in [-0.39, 0.29) is 47.4 Å². The number of benzene rings is 2. The molecule has 0 saturated carbocycles. The topological polar surface area (TPSA) is 121 Å². The summed E-state index contributed by atoms with van der Waals surface area (Å²) >= 11 is 0. The van der Waals surface area contributed by atoms with Crippen LogP contribution in [0.25, 0.3) is 0 Å². The predicted molar refractivity (Wildman–Crippen MR) is 175 cm³/mol. The summed E-state index contributed by atoms with van der Waals surface area (Å²) in [5.74, 6) is -0.738. The maximum Gasteiger partial charge on any atom is 0.261 e. The number of hydrogen-bond donors (Lipinski definition) is 2. The summed E-state index contributed by atoms with van der Waals surface area (Å²) in [5, 5.41) is 10.2. The summed E-state index contributed by atoms with van der Waals surface area (Å²) < 4.78 is 54.8. The number of aromatic nitrogens is 1. The number of carbonyl (C=O) groups excluding carboxylic acids is 1. The first-order valence-corrected chi connectivity index (χ1v) is 17.1. The molecule has 10 nitrogen and oxygen atoms in total. The van der Waals surface area contributed by atoms with Crippen LogP contribution in [0.15, 0.2) is 71.9 Å². The summed E-state index contributed by atoms with van der Waals surface area (Å²) in [6.45, 7) is 7.66. The summed E-state index contributed by atoms with van der Waals surface area (Å²) in [6, 6.07) is 12.5. The van der Waals surface area contributed by atoms with Gasteiger partial charge in [-0.25, -0.2) is 12.8 Å². The number of aliphatic hydroxyl groups is 1. The quantitative estimate of drug-likeness (QED) is 0.332. The number of fused-ring (bicyclic) bond motifs is 1. The van der Waals surface area contributed by atoms with Crippen molar-refractivity contribution in [2.24, 2.45) is 5.92 Å². The van der Waals surface area contributed by atoms with Crippen molar-refractivity contribution in [2.45, 2.75) is 69.7 Å². The van der Waals surface area contributed by atoms with Crippen molar-refractivity contribution in [1.29, 1.82) is 0 Å². The number of amides is 1. The highest BCUT2D eigenvalue weighted by molar-refractivity contribution is 7.92. The molecule has 0 unspecified atom stereocenters. The molecule has 0 spiro atoms. The zero-order chi connectivity index (χ0) is 33.3. The standard InChI is InChI=1S/C34H45FN4O6S/c1-24-20-39(25(2)23-40)34(41)31-19-29(37-46(42,43)30-11-8-28(35)9-12-30)10-13-32(31)45-26(3)7-5-6-18-44-33(24)22-38(4)21-27-14-16-36-17-15-27/h8-17,19,24-26,33,37,40H,5-7,18,20-23H2,1-4H3/t24-,25+,26-,33+/m1/s1. The Morgan fingerprint density at radius 1 is 1.11 bits per heavy atom. The van der Waals surface area contributed by atoms with Crippen LogP contribution in [0, 0.1) is 11.7 Å². The lowest BCUT2D eigenvalue weighted by Crippen LogP contribution is -2.47. The highest BCUT2D eigenvalue weighted by Gasteiger charge is 2.30. The summed E-state index contributed by atoms with van der Waals surface area (Å²) in [7, 11) is -2.03. The third kappa shape index (κ3) is 9.71. The third-order valence-electron chi connectivity index (χ3n) is 8.12. The van der Waals surface area contributed by atoms with Crippen molar-refractivity contribution in [3.05, 3.63) is 83.9 Å². The van der Waals surface area contributed by atoms with E-state index in [9.17, 15) is 22.7 Å².